The minimum absolute atomic E-state index is 0.147. The summed E-state index contributed by atoms with van der Waals surface area (Å²) in [5, 5.41) is 0. The smallest absolute Gasteiger partial charge is 0.305 e. The molecule has 0 amide bonds. The van der Waals surface area contributed by atoms with Crippen molar-refractivity contribution in [2.45, 2.75) is 19.3 Å². The normalized spacial score (nSPS) is 10.8. The fraction of sp³-hybridized carbons (Fsp3) is 0.235. The van der Waals surface area contributed by atoms with Crippen LogP contribution in [0, 0.1) is 0 Å². The van der Waals surface area contributed by atoms with Gasteiger partial charge < -0.3 is 9.30 Å². The Balaban J connectivity index is 1.94. The Bertz CT molecular complexity index is 570. The van der Waals surface area contributed by atoms with E-state index in [1.54, 1.807) is 0 Å². The highest BCUT2D eigenvalue weighted by Crippen LogP contribution is 2.14. The molecule has 0 atom stereocenters. The average molecular weight is 269 g/mol. The van der Waals surface area contributed by atoms with Crippen LogP contribution in [0.3, 0.4) is 0 Å². The molecule has 104 valence electrons. The first-order valence-corrected chi connectivity index (χ1v) is 6.77. The minimum Gasteiger partial charge on any atom is -0.469 e. The fourth-order valence-electron chi connectivity index (χ4n) is 2.02. The number of esters is 1. The largest absolute Gasteiger partial charge is 0.469 e. The van der Waals surface area contributed by atoms with Crippen molar-refractivity contribution in [2.24, 2.45) is 0 Å². The molecule has 3 heteroatoms. The Hall–Kier alpha value is -2.29. The zero-order valence-electron chi connectivity index (χ0n) is 11.7. The van der Waals surface area contributed by atoms with E-state index in [9.17, 15) is 4.79 Å². The third kappa shape index (κ3) is 3.85. The van der Waals surface area contributed by atoms with Crippen LogP contribution in [0.25, 0.3) is 11.8 Å². The molecule has 0 fully saturated rings. The van der Waals surface area contributed by atoms with Gasteiger partial charge in [-0.05, 0) is 43.2 Å². The highest BCUT2D eigenvalue weighted by molar-refractivity contribution is 5.69. The molecular formula is C17H19NO2. The molecule has 0 aliphatic heterocycles. The van der Waals surface area contributed by atoms with Crippen LogP contribution in [-0.4, -0.2) is 17.6 Å². The van der Waals surface area contributed by atoms with Crippen molar-refractivity contribution >= 4 is 12.0 Å². The molecular weight excluding hydrogens is 250 g/mol. The number of unbranched alkanes of at least 4 members (excludes halogenated alkanes) is 1. The highest BCUT2D eigenvalue weighted by Gasteiger charge is 2.00. The van der Waals surface area contributed by atoms with Crippen LogP contribution in [-0.2, 0) is 9.53 Å². The minimum atomic E-state index is -0.147. The Kier molecular flexibility index (Phi) is 5.18. The summed E-state index contributed by atoms with van der Waals surface area (Å²) >= 11 is 0. The Labute approximate surface area is 119 Å². The number of rotatable bonds is 6. The van der Waals surface area contributed by atoms with Gasteiger partial charge in [-0.1, -0.05) is 24.3 Å². The van der Waals surface area contributed by atoms with Crippen molar-refractivity contribution in [2.75, 3.05) is 7.11 Å². The summed E-state index contributed by atoms with van der Waals surface area (Å²) in [4.78, 5) is 11.0. The van der Waals surface area contributed by atoms with Crippen LogP contribution >= 0.6 is 0 Å². The predicted octanol–water partition coefficient (Wildman–Crippen LogP) is 3.83. The average Bonchev–Trinajstić information content (AvgIpc) is 2.96. The molecule has 0 radical (unpaired) electrons. The number of carbonyl (C=O) groups excluding carboxylic acids is 1. The first kappa shape index (κ1) is 14.1. The molecule has 1 aromatic heterocycles. The Morgan fingerprint density at radius 3 is 2.75 bits per heavy atom. The molecule has 0 aliphatic carbocycles. The maximum Gasteiger partial charge on any atom is 0.305 e. The van der Waals surface area contributed by atoms with Gasteiger partial charge in [0.2, 0.25) is 0 Å². The number of methoxy groups -OCH3 is 1. The number of para-hydroxylation sites is 1. The van der Waals surface area contributed by atoms with Gasteiger partial charge in [0.25, 0.3) is 0 Å². The first-order chi connectivity index (χ1) is 9.81. The van der Waals surface area contributed by atoms with Gasteiger partial charge in [0.1, 0.15) is 0 Å². The number of hydrogen-bond acceptors (Lipinski definition) is 2. The number of benzene rings is 1. The maximum atomic E-state index is 11.0. The van der Waals surface area contributed by atoms with E-state index < -0.39 is 0 Å². The van der Waals surface area contributed by atoms with Gasteiger partial charge in [-0.3, -0.25) is 4.79 Å². The summed E-state index contributed by atoms with van der Waals surface area (Å²) in [6, 6.07) is 14.3. The van der Waals surface area contributed by atoms with Crippen LogP contribution in [0.1, 0.15) is 25.0 Å². The predicted molar refractivity (Wildman–Crippen MR) is 80.7 cm³/mol. The summed E-state index contributed by atoms with van der Waals surface area (Å²) < 4.78 is 6.75. The van der Waals surface area contributed by atoms with Gasteiger partial charge in [-0.25, -0.2) is 0 Å². The number of allylic oxidation sites excluding steroid dienone is 1. The van der Waals surface area contributed by atoms with E-state index in [4.69, 9.17) is 0 Å². The van der Waals surface area contributed by atoms with E-state index in [-0.39, 0.29) is 5.97 Å². The lowest BCUT2D eigenvalue weighted by molar-refractivity contribution is -0.140. The number of carbonyl (C=O) groups is 1. The van der Waals surface area contributed by atoms with Crippen molar-refractivity contribution in [1.29, 1.82) is 0 Å². The van der Waals surface area contributed by atoms with Gasteiger partial charge in [-0.15, -0.1) is 0 Å². The quantitative estimate of drug-likeness (QED) is 0.589. The molecule has 0 saturated carbocycles. The van der Waals surface area contributed by atoms with E-state index in [0.717, 1.165) is 24.2 Å². The lowest BCUT2D eigenvalue weighted by atomic mass is 10.2. The molecule has 1 aromatic carbocycles. The van der Waals surface area contributed by atoms with Crippen molar-refractivity contribution in [3.05, 3.63) is 60.4 Å². The standard InChI is InChI=1S/C17H19NO2/c1-20-17(19)13-7-3-6-11-16-12-8-14-18(16)15-9-4-2-5-10-15/h2,4-6,8-12,14H,3,7,13H2,1H3. The van der Waals surface area contributed by atoms with Crippen molar-refractivity contribution in [3.63, 3.8) is 0 Å². The van der Waals surface area contributed by atoms with Crippen LogP contribution in [0.5, 0.6) is 0 Å². The van der Waals surface area contributed by atoms with Crippen LogP contribution in [0.15, 0.2) is 54.7 Å². The zero-order chi connectivity index (χ0) is 14.2. The third-order valence-corrected chi connectivity index (χ3v) is 3.08. The summed E-state index contributed by atoms with van der Waals surface area (Å²) in [5.41, 5.74) is 2.28. The first-order valence-electron chi connectivity index (χ1n) is 6.77. The molecule has 0 saturated heterocycles. The number of hydrogen-bond donors (Lipinski definition) is 0. The monoisotopic (exact) mass is 269 g/mol. The second-order valence-corrected chi connectivity index (χ2v) is 4.51. The van der Waals surface area contributed by atoms with Crippen LogP contribution < -0.4 is 0 Å². The topological polar surface area (TPSA) is 31.2 Å². The van der Waals surface area contributed by atoms with Crippen molar-refractivity contribution < 1.29 is 9.53 Å². The number of nitrogens with zero attached hydrogens (tertiary/aromatic N) is 1. The molecule has 3 nitrogen and oxygen atoms in total. The second-order valence-electron chi connectivity index (χ2n) is 4.51. The molecule has 1 heterocycles. The van der Waals surface area contributed by atoms with Gasteiger partial charge >= 0.3 is 5.97 Å². The molecule has 0 aliphatic rings. The molecule has 20 heavy (non-hydrogen) atoms. The Morgan fingerprint density at radius 1 is 1.20 bits per heavy atom. The summed E-state index contributed by atoms with van der Waals surface area (Å²) in [6.07, 6.45) is 8.39. The molecule has 0 bridgehead atoms. The van der Waals surface area contributed by atoms with Gasteiger partial charge in [-0.2, -0.15) is 0 Å². The van der Waals surface area contributed by atoms with Crippen LogP contribution in [0.2, 0.25) is 0 Å². The van der Waals surface area contributed by atoms with Crippen LogP contribution in [0.4, 0.5) is 0 Å². The van der Waals surface area contributed by atoms with E-state index in [1.165, 1.54) is 7.11 Å². The lowest BCUT2D eigenvalue weighted by Crippen LogP contribution is -1.98. The molecule has 0 spiro atoms. The number of aromatic nitrogens is 1. The SMILES string of the molecule is COC(=O)CCCC=Cc1cccn1-c1ccccc1. The van der Waals surface area contributed by atoms with Gasteiger partial charge in [0, 0.05) is 24.0 Å². The highest BCUT2D eigenvalue weighted by atomic mass is 16.5. The number of ether oxygens (including phenoxy) is 1. The maximum absolute atomic E-state index is 11.0. The molecule has 0 N–H and O–H groups in total. The molecule has 2 rings (SSSR count). The van der Waals surface area contributed by atoms with Gasteiger partial charge in [0.15, 0.2) is 0 Å². The van der Waals surface area contributed by atoms with E-state index in [2.05, 4.69) is 39.7 Å². The second kappa shape index (κ2) is 7.34. The molecule has 2 aromatic rings. The third-order valence-electron chi connectivity index (χ3n) is 3.08. The lowest BCUT2D eigenvalue weighted by Gasteiger charge is -2.05. The van der Waals surface area contributed by atoms with E-state index in [0.29, 0.717) is 6.42 Å². The molecule has 0 unspecified atom stereocenters. The van der Waals surface area contributed by atoms with Crippen molar-refractivity contribution in [3.8, 4) is 5.69 Å². The van der Waals surface area contributed by atoms with E-state index >= 15 is 0 Å². The summed E-state index contributed by atoms with van der Waals surface area (Å²) in [6.45, 7) is 0. The zero-order valence-corrected chi connectivity index (χ0v) is 11.7. The van der Waals surface area contributed by atoms with Gasteiger partial charge in [0.05, 0.1) is 7.11 Å². The Morgan fingerprint density at radius 2 is 2.00 bits per heavy atom. The summed E-state index contributed by atoms with van der Waals surface area (Å²) in [7, 11) is 1.42. The van der Waals surface area contributed by atoms with Crippen molar-refractivity contribution in [1.82, 2.24) is 4.57 Å². The van der Waals surface area contributed by atoms with E-state index in [1.807, 2.05) is 30.5 Å². The fourth-order valence-corrected chi connectivity index (χ4v) is 2.02. The summed E-state index contributed by atoms with van der Waals surface area (Å²) in [5.74, 6) is -0.147.